The predicted molar refractivity (Wildman–Crippen MR) is 63.5 cm³/mol. The fraction of sp³-hybridized carbons (Fsp3) is 0.100. The van der Waals surface area contributed by atoms with Crippen LogP contribution in [0.25, 0.3) is 0 Å². The number of thiazole rings is 1. The van der Waals surface area contributed by atoms with Crippen molar-refractivity contribution < 1.29 is 18.1 Å². The van der Waals surface area contributed by atoms with Crippen LogP contribution in [0.15, 0.2) is 29.6 Å². The highest BCUT2D eigenvalue weighted by atomic mass is 32.1. The van der Waals surface area contributed by atoms with E-state index in [0.29, 0.717) is 5.69 Å². The van der Waals surface area contributed by atoms with E-state index >= 15 is 0 Å². The number of nitrogens with one attached hydrogen (secondary N) is 1. The molecule has 100 valence electrons. The van der Waals surface area contributed by atoms with E-state index in [0.717, 1.165) is 16.7 Å². The Hall–Kier alpha value is -2.16. The molecule has 1 N–H and O–H groups in total. The zero-order chi connectivity index (χ0) is 14.0. The lowest BCUT2D eigenvalue weighted by molar-refractivity contribution is -0.384. The fourth-order valence-corrected chi connectivity index (χ4v) is 1.99. The summed E-state index contributed by atoms with van der Waals surface area (Å²) in [6, 6.07) is 5.29. The molecule has 0 saturated heterocycles. The van der Waals surface area contributed by atoms with Gasteiger partial charge in [-0.05, 0) is 12.1 Å². The number of non-ortho nitro benzene ring substituents is 1. The Balaban J connectivity index is 2.13. The van der Waals surface area contributed by atoms with Crippen molar-refractivity contribution in [3.8, 4) is 0 Å². The van der Waals surface area contributed by atoms with E-state index in [1.807, 2.05) is 0 Å². The molecule has 1 aromatic heterocycles. The Kier molecular flexibility index (Phi) is 3.38. The quantitative estimate of drug-likeness (QED) is 0.689. The van der Waals surface area contributed by atoms with Gasteiger partial charge in [0.2, 0.25) is 0 Å². The van der Waals surface area contributed by atoms with Crippen molar-refractivity contribution in [1.29, 1.82) is 0 Å². The minimum absolute atomic E-state index is 0.0705. The predicted octanol–water partition coefficient (Wildman–Crippen LogP) is 3.81. The second-order valence-corrected chi connectivity index (χ2v) is 4.32. The fourth-order valence-electron chi connectivity index (χ4n) is 1.25. The summed E-state index contributed by atoms with van der Waals surface area (Å²) in [7, 11) is 0. The molecule has 2 rings (SSSR count). The summed E-state index contributed by atoms with van der Waals surface area (Å²) in [5, 5.41) is 14.0. The smallest absolute Gasteiger partial charge is 0.332 e. The third kappa shape index (κ3) is 3.19. The first kappa shape index (κ1) is 13.3. The standard InChI is InChI=1S/C10H6F3N3O2S/c11-10(12,13)8-5-19-9(15-8)14-6-1-3-7(4-2-6)16(17)18/h1-5H,(H,14,15). The van der Waals surface area contributed by atoms with Crippen LogP contribution in [0.5, 0.6) is 0 Å². The normalized spacial score (nSPS) is 11.3. The first-order valence-electron chi connectivity index (χ1n) is 4.90. The van der Waals surface area contributed by atoms with Crippen molar-refractivity contribution in [3.05, 3.63) is 45.5 Å². The lowest BCUT2D eigenvalue weighted by Crippen LogP contribution is -2.05. The number of anilines is 2. The van der Waals surface area contributed by atoms with E-state index < -0.39 is 16.8 Å². The molecule has 0 radical (unpaired) electrons. The minimum Gasteiger partial charge on any atom is -0.332 e. The molecule has 19 heavy (non-hydrogen) atoms. The number of nitro benzene ring substituents is 1. The van der Waals surface area contributed by atoms with Gasteiger partial charge in [0, 0.05) is 23.2 Å². The second-order valence-electron chi connectivity index (χ2n) is 3.46. The summed E-state index contributed by atoms with van der Waals surface area (Å²) in [6.07, 6.45) is -4.48. The maximum Gasteiger partial charge on any atom is 0.434 e. The van der Waals surface area contributed by atoms with Crippen LogP contribution >= 0.6 is 11.3 Å². The zero-order valence-electron chi connectivity index (χ0n) is 9.14. The number of aromatic nitrogens is 1. The molecule has 0 saturated carbocycles. The molecule has 0 aliphatic rings. The number of halogens is 3. The van der Waals surface area contributed by atoms with Crippen LogP contribution in [0.3, 0.4) is 0 Å². The molecule has 0 bridgehead atoms. The van der Waals surface area contributed by atoms with E-state index in [2.05, 4.69) is 10.3 Å². The average molecular weight is 289 g/mol. The van der Waals surface area contributed by atoms with Crippen LogP contribution in [0.4, 0.5) is 29.7 Å². The molecule has 0 atom stereocenters. The van der Waals surface area contributed by atoms with E-state index in [9.17, 15) is 23.3 Å². The second kappa shape index (κ2) is 4.84. The summed E-state index contributed by atoms with van der Waals surface area (Å²) < 4.78 is 37.0. The van der Waals surface area contributed by atoms with Crippen LogP contribution < -0.4 is 5.32 Å². The van der Waals surface area contributed by atoms with E-state index in [1.165, 1.54) is 24.3 Å². The van der Waals surface area contributed by atoms with Gasteiger partial charge in [-0.15, -0.1) is 11.3 Å². The number of rotatable bonds is 3. The third-order valence-electron chi connectivity index (χ3n) is 2.12. The molecule has 2 aromatic rings. The van der Waals surface area contributed by atoms with Gasteiger partial charge in [-0.25, -0.2) is 4.98 Å². The van der Waals surface area contributed by atoms with Gasteiger partial charge in [0.05, 0.1) is 4.92 Å². The summed E-state index contributed by atoms with van der Waals surface area (Å²) in [6.45, 7) is 0. The van der Waals surface area contributed by atoms with E-state index in [1.54, 1.807) is 0 Å². The molecule has 0 amide bonds. The largest absolute Gasteiger partial charge is 0.434 e. The zero-order valence-corrected chi connectivity index (χ0v) is 9.96. The molecular formula is C10H6F3N3O2S. The van der Waals surface area contributed by atoms with Crippen LogP contribution in [-0.4, -0.2) is 9.91 Å². The molecule has 0 fully saturated rings. The summed E-state index contributed by atoms with van der Waals surface area (Å²) in [5.41, 5.74) is -0.642. The lowest BCUT2D eigenvalue weighted by Gasteiger charge is -2.02. The summed E-state index contributed by atoms with van der Waals surface area (Å²) >= 11 is 0.806. The maximum atomic E-state index is 12.3. The number of nitro groups is 1. The first-order valence-corrected chi connectivity index (χ1v) is 5.78. The van der Waals surface area contributed by atoms with Gasteiger partial charge in [-0.2, -0.15) is 13.2 Å². The molecule has 9 heteroatoms. The topological polar surface area (TPSA) is 68.1 Å². The molecule has 1 heterocycles. The molecule has 1 aromatic carbocycles. The minimum atomic E-state index is -4.48. The Morgan fingerprint density at radius 2 is 1.89 bits per heavy atom. The van der Waals surface area contributed by atoms with Crippen molar-refractivity contribution in [1.82, 2.24) is 4.98 Å². The van der Waals surface area contributed by atoms with Crippen LogP contribution in [0, 0.1) is 10.1 Å². The van der Waals surface area contributed by atoms with Crippen molar-refractivity contribution in [2.75, 3.05) is 5.32 Å². The lowest BCUT2D eigenvalue weighted by atomic mass is 10.3. The van der Waals surface area contributed by atoms with Gasteiger partial charge in [0.25, 0.3) is 5.69 Å². The number of alkyl halides is 3. The molecule has 0 aliphatic carbocycles. The SMILES string of the molecule is O=[N+]([O-])c1ccc(Nc2nc(C(F)(F)F)cs2)cc1. The summed E-state index contributed by atoms with van der Waals surface area (Å²) in [5.74, 6) is 0. The van der Waals surface area contributed by atoms with Crippen molar-refractivity contribution in [2.45, 2.75) is 6.18 Å². The number of hydrogen-bond donors (Lipinski definition) is 1. The average Bonchev–Trinajstić information content (AvgIpc) is 2.78. The Morgan fingerprint density at radius 3 is 2.37 bits per heavy atom. The highest BCUT2D eigenvalue weighted by Crippen LogP contribution is 2.32. The number of benzene rings is 1. The number of nitrogens with zero attached hydrogens (tertiary/aromatic N) is 2. The van der Waals surface area contributed by atoms with Crippen LogP contribution in [0.2, 0.25) is 0 Å². The maximum absolute atomic E-state index is 12.3. The molecule has 5 nitrogen and oxygen atoms in total. The van der Waals surface area contributed by atoms with Gasteiger partial charge >= 0.3 is 6.18 Å². The van der Waals surface area contributed by atoms with Crippen LogP contribution in [0.1, 0.15) is 5.69 Å². The first-order chi connectivity index (χ1) is 8.86. The Morgan fingerprint density at radius 1 is 1.26 bits per heavy atom. The monoisotopic (exact) mass is 289 g/mol. The van der Waals surface area contributed by atoms with Gasteiger partial charge in [0.1, 0.15) is 0 Å². The summed E-state index contributed by atoms with van der Waals surface area (Å²) in [4.78, 5) is 13.3. The van der Waals surface area contributed by atoms with Crippen LogP contribution in [-0.2, 0) is 6.18 Å². The third-order valence-corrected chi connectivity index (χ3v) is 2.88. The number of hydrogen-bond acceptors (Lipinski definition) is 5. The highest BCUT2D eigenvalue weighted by molar-refractivity contribution is 7.13. The van der Waals surface area contributed by atoms with Gasteiger partial charge in [-0.3, -0.25) is 10.1 Å². The van der Waals surface area contributed by atoms with Crippen molar-refractivity contribution in [2.24, 2.45) is 0 Å². The molecule has 0 unspecified atom stereocenters. The Labute approximate surface area is 108 Å². The van der Waals surface area contributed by atoms with E-state index in [-0.39, 0.29) is 10.8 Å². The molecule has 0 aliphatic heterocycles. The van der Waals surface area contributed by atoms with Crippen molar-refractivity contribution in [3.63, 3.8) is 0 Å². The van der Waals surface area contributed by atoms with Gasteiger partial charge in [-0.1, -0.05) is 0 Å². The van der Waals surface area contributed by atoms with E-state index in [4.69, 9.17) is 0 Å². The Bertz CT molecular complexity index is 595. The van der Waals surface area contributed by atoms with Crippen molar-refractivity contribution >= 4 is 27.8 Å². The van der Waals surface area contributed by atoms with Gasteiger partial charge in [0.15, 0.2) is 10.8 Å². The van der Waals surface area contributed by atoms with Gasteiger partial charge < -0.3 is 5.32 Å². The molecular weight excluding hydrogens is 283 g/mol. The molecule has 0 spiro atoms. The highest BCUT2D eigenvalue weighted by Gasteiger charge is 2.33.